The van der Waals surface area contributed by atoms with Crippen molar-refractivity contribution in [2.45, 2.75) is 0 Å². The van der Waals surface area contributed by atoms with E-state index in [4.69, 9.17) is 16.3 Å². The molecule has 2 nitrogen and oxygen atoms in total. The van der Waals surface area contributed by atoms with Crippen molar-refractivity contribution in [3.05, 3.63) is 54.1 Å². The highest BCUT2D eigenvalue weighted by molar-refractivity contribution is 6.67. The first-order chi connectivity index (χ1) is 8.22. The van der Waals surface area contributed by atoms with E-state index in [1.165, 1.54) is 0 Å². The van der Waals surface area contributed by atoms with Crippen molar-refractivity contribution in [3.8, 4) is 16.9 Å². The quantitative estimate of drug-likeness (QED) is 0.771. The molecule has 0 amide bonds. The highest BCUT2D eigenvalue weighted by Gasteiger charge is 2.06. The number of hydrogen-bond donors (Lipinski definition) is 0. The molecule has 2 aromatic rings. The second-order valence-electron chi connectivity index (χ2n) is 3.55. The molecule has 0 fully saturated rings. The van der Waals surface area contributed by atoms with Crippen LogP contribution in [0.15, 0.2) is 48.5 Å². The lowest BCUT2D eigenvalue weighted by molar-refractivity contribution is 0.108. The van der Waals surface area contributed by atoms with E-state index in [2.05, 4.69) is 0 Å². The van der Waals surface area contributed by atoms with Crippen molar-refractivity contribution < 1.29 is 9.53 Å². The lowest BCUT2D eigenvalue weighted by Gasteiger charge is -2.08. The second-order valence-corrected chi connectivity index (χ2v) is 3.89. The van der Waals surface area contributed by atoms with E-state index in [0.717, 1.165) is 16.9 Å². The molecule has 0 bridgehead atoms. The van der Waals surface area contributed by atoms with Gasteiger partial charge in [0.25, 0.3) is 5.24 Å². The number of halogens is 1. The Morgan fingerprint density at radius 1 is 1.06 bits per heavy atom. The fraction of sp³-hybridized carbons (Fsp3) is 0.0714. The summed E-state index contributed by atoms with van der Waals surface area (Å²) in [5.74, 6) is 0.803. The minimum atomic E-state index is -0.448. The average molecular weight is 247 g/mol. The van der Waals surface area contributed by atoms with E-state index in [9.17, 15) is 4.79 Å². The maximum Gasteiger partial charge on any atom is 0.252 e. The SMILES string of the molecule is COc1ccccc1-c1ccc(C(=O)Cl)cc1. The van der Waals surface area contributed by atoms with Crippen LogP contribution in [0.2, 0.25) is 0 Å². The van der Waals surface area contributed by atoms with Gasteiger partial charge in [-0.05, 0) is 35.4 Å². The molecule has 0 aromatic heterocycles. The predicted octanol–water partition coefficient (Wildman–Crippen LogP) is 3.74. The third-order valence-electron chi connectivity index (χ3n) is 2.53. The Morgan fingerprint density at radius 3 is 2.29 bits per heavy atom. The monoisotopic (exact) mass is 246 g/mol. The van der Waals surface area contributed by atoms with Gasteiger partial charge in [0.15, 0.2) is 0 Å². The number of benzene rings is 2. The standard InChI is InChI=1S/C14H11ClO2/c1-17-13-5-3-2-4-12(13)10-6-8-11(9-7-10)14(15)16/h2-9H,1H3. The zero-order valence-corrected chi connectivity index (χ0v) is 10.1. The van der Waals surface area contributed by atoms with E-state index in [1.807, 2.05) is 36.4 Å². The molecular formula is C14H11ClO2. The summed E-state index contributed by atoms with van der Waals surface area (Å²) in [6, 6.07) is 14.8. The molecule has 0 spiro atoms. The summed E-state index contributed by atoms with van der Waals surface area (Å²) in [7, 11) is 1.63. The fourth-order valence-electron chi connectivity index (χ4n) is 1.66. The van der Waals surface area contributed by atoms with Crippen LogP contribution in [0.4, 0.5) is 0 Å². The van der Waals surface area contributed by atoms with Crippen LogP contribution in [0.1, 0.15) is 10.4 Å². The molecular weight excluding hydrogens is 236 g/mol. The van der Waals surface area contributed by atoms with Crippen molar-refractivity contribution in [1.82, 2.24) is 0 Å². The molecule has 0 saturated carbocycles. The lowest BCUT2D eigenvalue weighted by atomic mass is 10.0. The number of ether oxygens (including phenoxy) is 1. The van der Waals surface area contributed by atoms with Gasteiger partial charge >= 0.3 is 0 Å². The smallest absolute Gasteiger partial charge is 0.252 e. The van der Waals surface area contributed by atoms with Crippen molar-refractivity contribution >= 4 is 16.8 Å². The third kappa shape index (κ3) is 2.48. The van der Waals surface area contributed by atoms with Gasteiger partial charge in [-0.2, -0.15) is 0 Å². The van der Waals surface area contributed by atoms with E-state index in [0.29, 0.717) is 5.56 Å². The fourth-order valence-corrected chi connectivity index (χ4v) is 1.79. The maximum absolute atomic E-state index is 11.0. The van der Waals surface area contributed by atoms with E-state index in [-0.39, 0.29) is 0 Å². The molecule has 0 saturated heterocycles. The predicted molar refractivity (Wildman–Crippen MR) is 68.6 cm³/mol. The lowest BCUT2D eigenvalue weighted by Crippen LogP contribution is -1.90. The van der Waals surface area contributed by atoms with E-state index >= 15 is 0 Å². The molecule has 17 heavy (non-hydrogen) atoms. The molecule has 0 aliphatic carbocycles. The summed E-state index contributed by atoms with van der Waals surface area (Å²) in [5, 5.41) is -0.448. The molecule has 2 aromatic carbocycles. The van der Waals surface area contributed by atoms with E-state index < -0.39 is 5.24 Å². The molecule has 0 atom stereocenters. The Labute approximate surface area is 105 Å². The van der Waals surface area contributed by atoms with Gasteiger partial charge in [0.2, 0.25) is 0 Å². The zero-order chi connectivity index (χ0) is 12.3. The Hall–Kier alpha value is -1.80. The summed E-state index contributed by atoms with van der Waals surface area (Å²) in [4.78, 5) is 11.0. The van der Waals surface area contributed by atoms with Crippen LogP contribution in [0.5, 0.6) is 5.75 Å². The van der Waals surface area contributed by atoms with Crippen molar-refractivity contribution in [1.29, 1.82) is 0 Å². The molecule has 0 unspecified atom stereocenters. The van der Waals surface area contributed by atoms with Gasteiger partial charge in [-0.1, -0.05) is 30.3 Å². The van der Waals surface area contributed by atoms with Gasteiger partial charge in [-0.15, -0.1) is 0 Å². The first-order valence-electron chi connectivity index (χ1n) is 5.15. The minimum Gasteiger partial charge on any atom is -0.496 e. The number of hydrogen-bond acceptors (Lipinski definition) is 2. The first kappa shape index (κ1) is 11.7. The van der Waals surface area contributed by atoms with Crippen molar-refractivity contribution in [2.75, 3.05) is 7.11 Å². The maximum atomic E-state index is 11.0. The molecule has 0 aliphatic rings. The summed E-state index contributed by atoms with van der Waals surface area (Å²) in [5.41, 5.74) is 2.47. The van der Waals surface area contributed by atoms with Crippen molar-refractivity contribution in [2.24, 2.45) is 0 Å². The highest BCUT2D eigenvalue weighted by Crippen LogP contribution is 2.29. The zero-order valence-electron chi connectivity index (χ0n) is 9.31. The van der Waals surface area contributed by atoms with Gasteiger partial charge < -0.3 is 4.74 Å². The average Bonchev–Trinajstić information content (AvgIpc) is 2.39. The normalized spacial score (nSPS) is 10.0. The Bertz CT molecular complexity index is 532. The summed E-state index contributed by atoms with van der Waals surface area (Å²) >= 11 is 5.40. The summed E-state index contributed by atoms with van der Waals surface area (Å²) in [6.07, 6.45) is 0. The Kier molecular flexibility index (Phi) is 3.45. The van der Waals surface area contributed by atoms with Crippen LogP contribution >= 0.6 is 11.6 Å². The van der Waals surface area contributed by atoms with Crippen molar-refractivity contribution in [3.63, 3.8) is 0 Å². The second kappa shape index (κ2) is 5.02. The number of methoxy groups -OCH3 is 1. The number of carbonyl (C=O) groups excluding carboxylic acids is 1. The third-order valence-corrected chi connectivity index (χ3v) is 2.75. The van der Waals surface area contributed by atoms with Crippen LogP contribution in [-0.4, -0.2) is 12.4 Å². The first-order valence-corrected chi connectivity index (χ1v) is 5.53. The number of carbonyl (C=O) groups is 1. The Balaban J connectivity index is 2.43. The largest absolute Gasteiger partial charge is 0.496 e. The molecule has 0 N–H and O–H groups in total. The molecule has 2 rings (SSSR count). The van der Waals surface area contributed by atoms with Gasteiger partial charge in [0.05, 0.1) is 7.11 Å². The molecule has 0 aliphatic heterocycles. The van der Waals surface area contributed by atoms with Crippen LogP contribution < -0.4 is 4.74 Å². The van der Waals surface area contributed by atoms with Gasteiger partial charge in [0.1, 0.15) is 5.75 Å². The number of para-hydroxylation sites is 1. The van der Waals surface area contributed by atoms with Gasteiger partial charge in [0, 0.05) is 11.1 Å². The number of rotatable bonds is 3. The summed E-state index contributed by atoms with van der Waals surface area (Å²) < 4.78 is 5.28. The van der Waals surface area contributed by atoms with Crippen LogP contribution in [-0.2, 0) is 0 Å². The van der Waals surface area contributed by atoms with Crippen LogP contribution in [0.25, 0.3) is 11.1 Å². The molecule has 0 heterocycles. The minimum absolute atomic E-state index is 0.448. The Morgan fingerprint density at radius 2 is 1.71 bits per heavy atom. The van der Waals surface area contributed by atoms with E-state index in [1.54, 1.807) is 19.2 Å². The van der Waals surface area contributed by atoms with Gasteiger partial charge in [-0.3, -0.25) is 4.79 Å². The van der Waals surface area contributed by atoms with Crippen LogP contribution in [0.3, 0.4) is 0 Å². The topological polar surface area (TPSA) is 26.3 Å². The van der Waals surface area contributed by atoms with Crippen LogP contribution in [0, 0.1) is 0 Å². The van der Waals surface area contributed by atoms with Gasteiger partial charge in [-0.25, -0.2) is 0 Å². The summed E-state index contributed by atoms with van der Waals surface area (Å²) in [6.45, 7) is 0. The molecule has 3 heteroatoms. The highest BCUT2D eigenvalue weighted by atomic mass is 35.5. The molecule has 0 radical (unpaired) electrons. The molecule has 86 valence electrons.